The van der Waals surface area contributed by atoms with Gasteiger partial charge in [-0.3, -0.25) is 0 Å². The first-order valence-electron chi connectivity index (χ1n) is 5.79. The first-order chi connectivity index (χ1) is 7.54. The maximum Gasteiger partial charge on any atom is 0.149 e. The molecule has 1 aromatic rings. The molecular formula is C12H22N2S2. The van der Waals surface area contributed by atoms with Crippen LogP contribution in [-0.4, -0.2) is 23.3 Å². The lowest BCUT2D eigenvalue weighted by Crippen LogP contribution is -2.42. The normalized spacial score (nSPS) is 14.0. The lowest BCUT2D eigenvalue weighted by molar-refractivity contribution is 0.292. The monoisotopic (exact) mass is 258 g/mol. The van der Waals surface area contributed by atoms with Gasteiger partial charge in [-0.15, -0.1) is 11.3 Å². The fourth-order valence-corrected chi connectivity index (χ4v) is 3.44. The Labute approximate surface area is 107 Å². The predicted octanol–water partition coefficient (Wildman–Crippen LogP) is 3.65. The maximum absolute atomic E-state index is 4.30. The molecule has 0 aliphatic heterocycles. The van der Waals surface area contributed by atoms with Gasteiger partial charge in [0.1, 0.15) is 4.34 Å². The van der Waals surface area contributed by atoms with Gasteiger partial charge in [0, 0.05) is 23.4 Å². The number of rotatable bonds is 6. The summed E-state index contributed by atoms with van der Waals surface area (Å²) in [5.74, 6) is 1.09. The Hall–Kier alpha value is -0.0600. The fourth-order valence-electron chi connectivity index (χ4n) is 1.37. The van der Waals surface area contributed by atoms with Gasteiger partial charge in [0.2, 0.25) is 0 Å². The van der Waals surface area contributed by atoms with Gasteiger partial charge in [0.15, 0.2) is 0 Å². The van der Waals surface area contributed by atoms with Crippen LogP contribution in [0, 0.1) is 5.41 Å². The molecule has 0 aromatic carbocycles. The van der Waals surface area contributed by atoms with Gasteiger partial charge < -0.3 is 5.32 Å². The van der Waals surface area contributed by atoms with Crippen molar-refractivity contribution in [3.8, 4) is 0 Å². The summed E-state index contributed by atoms with van der Waals surface area (Å²) < 4.78 is 1.17. The number of nitrogens with one attached hydrogen (secondary N) is 1. The minimum atomic E-state index is 0.305. The van der Waals surface area contributed by atoms with Crippen LogP contribution in [0.25, 0.3) is 0 Å². The molecule has 1 N–H and O–H groups in total. The first kappa shape index (κ1) is 14.0. The highest BCUT2D eigenvalue weighted by atomic mass is 32.2. The summed E-state index contributed by atoms with van der Waals surface area (Å²) in [4.78, 5) is 4.30. The van der Waals surface area contributed by atoms with Gasteiger partial charge in [0.25, 0.3) is 0 Å². The molecule has 1 unspecified atom stereocenters. The van der Waals surface area contributed by atoms with Crippen LogP contribution in [0.4, 0.5) is 0 Å². The van der Waals surface area contributed by atoms with Crippen molar-refractivity contribution in [1.29, 1.82) is 0 Å². The van der Waals surface area contributed by atoms with Crippen LogP contribution in [-0.2, 0) is 0 Å². The van der Waals surface area contributed by atoms with Crippen molar-refractivity contribution >= 4 is 23.1 Å². The van der Waals surface area contributed by atoms with E-state index in [9.17, 15) is 0 Å². The molecule has 0 amide bonds. The Morgan fingerprint density at radius 1 is 1.50 bits per heavy atom. The summed E-state index contributed by atoms with van der Waals surface area (Å²) >= 11 is 3.58. The van der Waals surface area contributed by atoms with Crippen molar-refractivity contribution in [1.82, 2.24) is 10.3 Å². The topological polar surface area (TPSA) is 24.9 Å². The molecule has 0 aliphatic rings. The van der Waals surface area contributed by atoms with Gasteiger partial charge in [-0.25, -0.2) is 4.98 Å². The molecule has 0 radical (unpaired) electrons. The molecule has 92 valence electrons. The number of aromatic nitrogens is 1. The van der Waals surface area contributed by atoms with E-state index in [4.69, 9.17) is 0 Å². The average molecular weight is 258 g/mol. The third-order valence-corrected chi connectivity index (χ3v) is 4.53. The molecule has 1 atom stereocenters. The minimum absolute atomic E-state index is 0.305. The molecule has 4 heteroatoms. The van der Waals surface area contributed by atoms with Crippen molar-refractivity contribution in [2.45, 2.75) is 44.5 Å². The quantitative estimate of drug-likeness (QED) is 0.788. The second-order valence-corrected chi connectivity index (χ2v) is 7.14. The largest absolute Gasteiger partial charge is 0.313 e. The third-order valence-electron chi connectivity index (χ3n) is 2.47. The molecule has 1 rings (SSSR count). The van der Waals surface area contributed by atoms with Crippen LogP contribution in [0.1, 0.15) is 34.1 Å². The zero-order valence-electron chi connectivity index (χ0n) is 10.6. The van der Waals surface area contributed by atoms with E-state index in [1.54, 1.807) is 11.3 Å². The summed E-state index contributed by atoms with van der Waals surface area (Å²) in [6, 6.07) is 0.543. The SMILES string of the molecule is CCCNC(CSc1nccs1)C(C)(C)C. The van der Waals surface area contributed by atoms with Crippen molar-refractivity contribution in [3.63, 3.8) is 0 Å². The maximum atomic E-state index is 4.30. The molecule has 0 saturated carbocycles. The Morgan fingerprint density at radius 2 is 2.25 bits per heavy atom. The van der Waals surface area contributed by atoms with Gasteiger partial charge in [-0.05, 0) is 18.4 Å². The van der Waals surface area contributed by atoms with Crippen molar-refractivity contribution in [2.75, 3.05) is 12.3 Å². The summed E-state index contributed by atoms with van der Waals surface area (Å²) in [7, 11) is 0. The number of thioether (sulfide) groups is 1. The molecule has 0 spiro atoms. The molecule has 1 aromatic heterocycles. The highest BCUT2D eigenvalue weighted by Gasteiger charge is 2.24. The van der Waals surface area contributed by atoms with Crippen LogP contribution < -0.4 is 5.32 Å². The molecule has 2 nitrogen and oxygen atoms in total. The molecule has 0 bridgehead atoms. The Kier molecular flexibility index (Phi) is 5.79. The van der Waals surface area contributed by atoms with E-state index < -0.39 is 0 Å². The summed E-state index contributed by atoms with van der Waals surface area (Å²) in [6.45, 7) is 10.2. The molecular weight excluding hydrogens is 236 g/mol. The second-order valence-electron chi connectivity index (χ2n) is 4.98. The Bertz CT molecular complexity index is 278. The van der Waals surface area contributed by atoms with E-state index in [1.165, 1.54) is 10.8 Å². The number of hydrogen-bond acceptors (Lipinski definition) is 4. The summed E-state index contributed by atoms with van der Waals surface area (Å²) in [5.41, 5.74) is 0.305. The van der Waals surface area contributed by atoms with Gasteiger partial charge in [-0.2, -0.15) is 0 Å². The summed E-state index contributed by atoms with van der Waals surface area (Å²) in [5, 5.41) is 5.66. The lowest BCUT2D eigenvalue weighted by atomic mass is 9.88. The first-order valence-corrected chi connectivity index (χ1v) is 7.66. The Balaban J connectivity index is 2.44. The van der Waals surface area contributed by atoms with Crippen LogP contribution in [0.5, 0.6) is 0 Å². The highest BCUT2D eigenvalue weighted by molar-refractivity contribution is 8.01. The van der Waals surface area contributed by atoms with Crippen LogP contribution in [0.3, 0.4) is 0 Å². The van der Waals surface area contributed by atoms with Crippen molar-refractivity contribution in [3.05, 3.63) is 11.6 Å². The summed E-state index contributed by atoms with van der Waals surface area (Å²) in [6.07, 6.45) is 3.06. The standard InChI is InChI=1S/C12H22N2S2/c1-5-6-13-10(12(2,3)4)9-16-11-14-7-8-15-11/h7-8,10,13H,5-6,9H2,1-4H3. The smallest absolute Gasteiger partial charge is 0.149 e. The predicted molar refractivity (Wildman–Crippen MR) is 74.4 cm³/mol. The number of hydrogen-bond donors (Lipinski definition) is 1. The highest BCUT2D eigenvalue weighted by Crippen LogP contribution is 2.27. The molecule has 0 saturated heterocycles. The van der Waals surface area contributed by atoms with E-state index in [0.717, 1.165) is 12.3 Å². The van der Waals surface area contributed by atoms with Gasteiger partial charge in [-0.1, -0.05) is 39.5 Å². The average Bonchev–Trinajstić information content (AvgIpc) is 2.68. The third kappa shape index (κ3) is 4.85. The lowest BCUT2D eigenvalue weighted by Gasteiger charge is -2.31. The zero-order chi connectivity index (χ0) is 12.0. The van der Waals surface area contributed by atoms with E-state index >= 15 is 0 Å². The van der Waals surface area contributed by atoms with Crippen molar-refractivity contribution in [2.24, 2.45) is 5.41 Å². The van der Waals surface area contributed by atoms with E-state index in [2.05, 4.69) is 38.0 Å². The Morgan fingerprint density at radius 3 is 2.75 bits per heavy atom. The zero-order valence-corrected chi connectivity index (χ0v) is 12.3. The minimum Gasteiger partial charge on any atom is -0.313 e. The second kappa shape index (κ2) is 6.62. The van der Waals surface area contributed by atoms with Crippen LogP contribution in [0.15, 0.2) is 15.9 Å². The van der Waals surface area contributed by atoms with E-state index in [1.807, 2.05) is 23.3 Å². The van der Waals surface area contributed by atoms with E-state index in [0.29, 0.717) is 11.5 Å². The molecule has 16 heavy (non-hydrogen) atoms. The molecule has 0 fully saturated rings. The number of thiazole rings is 1. The molecule has 1 heterocycles. The van der Waals surface area contributed by atoms with Gasteiger partial charge in [0.05, 0.1) is 0 Å². The fraction of sp³-hybridized carbons (Fsp3) is 0.750. The van der Waals surface area contributed by atoms with Crippen molar-refractivity contribution < 1.29 is 0 Å². The van der Waals surface area contributed by atoms with Crippen LogP contribution in [0.2, 0.25) is 0 Å². The van der Waals surface area contributed by atoms with Gasteiger partial charge >= 0.3 is 0 Å². The molecule has 0 aliphatic carbocycles. The van der Waals surface area contributed by atoms with Crippen LogP contribution >= 0.6 is 23.1 Å². The van der Waals surface area contributed by atoms with E-state index in [-0.39, 0.29) is 0 Å². The number of nitrogens with zero attached hydrogens (tertiary/aromatic N) is 1.